The average molecular weight is 263 g/mol. The number of aromatic carboxylic acids is 1. The second kappa shape index (κ2) is 5.15. The highest BCUT2D eigenvalue weighted by atomic mass is 16.4. The largest absolute Gasteiger partial charge is 0.476 e. The van der Waals surface area contributed by atoms with E-state index in [9.17, 15) is 9.90 Å². The van der Waals surface area contributed by atoms with Crippen LogP contribution in [0.25, 0.3) is 0 Å². The number of rotatable bonds is 3. The van der Waals surface area contributed by atoms with E-state index in [0.717, 1.165) is 13.0 Å². The van der Waals surface area contributed by atoms with Crippen LogP contribution in [0.4, 0.5) is 5.69 Å². The first-order chi connectivity index (χ1) is 8.90. The van der Waals surface area contributed by atoms with Gasteiger partial charge < -0.3 is 10.0 Å². The van der Waals surface area contributed by atoms with Crippen molar-refractivity contribution in [3.63, 3.8) is 0 Å². The van der Waals surface area contributed by atoms with Crippen LogP contribution in [-0.4, -0.2) is 33.6 Å². The molecule has 0 saturated carbocycles. The maximum absolute atomic E-state index is 11.4. The predicted molar refractivity (Wildman–Crippen MR) is 73.7 cm³/mol. The van der Waals surface area contributed by atoms with Crippen LogP contribution in [0.15, 0.2) is 6.20 Å². The van der Waals surface area contributed by atoms with E-state index >= 15 is 0 Å². The van der Waals surface area contributed by atoms with Gasteiger partial charge in [0.2, 0.25) is 0 Å². The number of anilines is 1. The van der Waals surface area contributed by atoms with Crippen molar-refractivity contribution in [2.24, 2.45) is 5.92 Å². The van der Waals surface area contributed by atoms with Crippen LogP contribution in [0.3, 0.4) is 0 Å². The molecule has 0 aliphatic carbocycles. The molecule has 19 heavy (non-hydrogen) atoms. The Morgan fingerprint density at radius 1 is 1.47 bits per heavy atom. The summed E-state index contributed by atoms with van der Waals surface area (Å²) in [5.41, 5.74) is 0.772. The highest BCUT2D eigenvalue weighted by Crippen LogP contribution is 2.30. The minimum Gasteiger partial charge on any atom is -0.476 e. The van der Waals surface area contributed by atoms with Crippen LogP contribution in [0, 0.1) is 5.92 Å². The van der Waals surface area contributed by atoms with Crippen molar-refractivity contribution >= 4 is 11.7 Å². The third-order valence-electron chi connectivity index (χ3n) is 3.60. The van der Waals surface area contributed by atoms with Crippen molar-refractivity contribution in [3.8, 4) is 0 Å². The molecule has 0 amide bonds. The number of hydrogen-bond acceptors (Lipinski definition) is 4. The van der Waals surface area contributed by atoms with Crippen LogP contribution in [0.5, 0.6) is 0 Å². The van der Waals surface area contributed by atoms with Gasteiger partial charge in [-0.25, -0.2) is 14.8 Å². The summed E-state index contributed by atoms with van der Waals surface area (Å²) in [7, 11) is 0. The Bertz CT molecular complexity index is 488. The second-order valence-electron chi connectivity index (χ2n) is 5.76. The lowest BCUT2D eigenvalue weighted by molar-refractivity contribution is 0.0690. The molecule has 2 heterocycles. The predicted octanol–water partition coefficient (Wildman–Crippen LogP) is 2.53. The first-order valence-electron chi connectivity index (χ1n) is 6.77. The van der Waals surface area contributed by atoms with Crippen molar-refractivity contribution in [3.05, 3.63) is 17.7 Å². The molecule has 104 valence electrons. The normalized spacial score (nSPS) is 23.1. The molecule has 1 aliphatic heterocycles. The van der Waals surface area contributed by atoms with E-state index < -0.39 is 5.97 Å². The first-order valence-corrected chi connectivity index (χ1v) is 6.77. The van der Waals surface area contributed by atoms with Gasteiger partial charge in [0.1, 0.15) is 5.82 Å². The first kappa shape index (κ1) is 13.8. The number of nitrogens with zero attached hydrogens (tertiary/aromatic N) is 3. The van der Waals surface area contributed by atoms with Crippen molar-refractivity contribution < 1.29 is 9.90 Å². The summed E-state index contributed by atoms with van der Waals surface area (Å²) in [6.45, 7) is 9.08. The fourth-order valence-electron chi connectivity index (χ4n) is 2.67. The molecule has 2 unspecified atom stereocenters. The molecule has 0 radical (unpaired) electrons. The summed E-state index contributed by atoms with van der Waals surface area (Å²) in [5, 5.41) is 9.37. The van der Waals surface area contributed by atoms with Crippen molar-refractivity contribution in [1.29, 1.82) is 0 Å². The van der Waals surface area contributed by atoms with E-state index in [0.29, 0.717) is 23.5 Å². The van der Waals surface area contributed by atoms with Gasteiger partial charge in [-0.05, 0) is 19.3 Å². The number of hydrogen-bond donors (Lipinski definition) is 1. The van der Waals surface area contributed by atoms with E-state index in [1.807, 2.05) is 13.8 Å². The van der Waals surface area contributed by atoms with Crippen LogP contribution in [0.1, 0.15) is 56.3 Å². The number of aromatic nitrogens is 2. The summed E-state index contributed by atoms with van der Waals surface area (Å²) in [5.74, 6) is 0.301. The Morgan fingerprint density at radius 2 is 2.16 bits per heavy atom. The smallest absolute Gasteiger partial charge is 0.356 e. The highest BCUT2D eigenvalue weighted by molar-refractivity contribution is 5.92. The zero-order valence-electron chi connectivity index (χ0n) is 11.9. The number of carbonyl (C=O) groups is 1. The van der Waals surface area contributed by atoms with Gasteiger partial charge in [0.15, 0.2) is 5.69 Å². The molecule has 1 saturated heterocycles. The van der Waals surface area contributed by atoms with Crippen molar-refractivity contribution in [2.45, 2.75) is 46.1 Å². The lowest BCUT2D eigenvalue weighted by atomic mass is 10.1. The fourth-order valence-corrected chi connectivity index (χ4v) is 2.67. The Hall–Kier alpha value is -1.65. The van der Waals surface area contributed by atoms with E-state index in [4.69, 9.17) is 0 Å². The molecule has 2 rings (SSSR count). The lowest BCUT2D eigenvalue weighted by Gasteiger charge is -2.25. The molecule has 1 fully saturated rings. The van der Waals surface area contributed by atoms with Gasteiger partial charge >= 0.3 is 5.97 Å². The van der Waals surface area contributed by atoms with Gasteiger partial charge in [0.05, 0.1) is 11.9 Å². The molecule has 2 atom stereocenters. The Morgan fingerprint density at radius 3 is 2.63 bits per heavy atom. The molecular weight excluding hydrogens is 242 g/mol. The van der Waals surface area contributed by atoms with Crippen LogP contribution < -0.4 is 4.90 Å². The standard InChI is InChI=1S/C14H21N3O2/c1-8(2)13-15-6-11(12(16-13)14(18)19)17-7-9(3)5-10(17)4/h6,8-10H,5,7H2,1-4H3,(H,18,19). The monoisotopic (exact) mass is 263 g/mol. The average Bonchev–Trinajstić information content (AvgIpc) is 2.67. The Labute approximate surface area is 113 Å². The molecule has 0 aromatic carbocycles. The van der Waals surface area contributed by atoms with Crippen LogP contribution in [-0.2, 0) is 0 Å². The molecule has 1 aromatic rings. The van der Waals surface area contributed by atoms with Crippen LogP contribution >= 0.6 is 0 Å². The van der Waals surface area contributed by atoms with Crippen LogP contribution in [0.2, 0.25) is 0 Å². The maximum Gasteiger partial charge on any atom is 0.356 e. The lowest BCUT2D eigenvalue weighted by Crippen LogP contribution is -2.29. The van der Waals surface area contributed by atoms with Crippen molar-refractivity contribution in [2.75, 3.05) is 11.4 Å². The third-order valence-corrected chi connectivity index (χ3v) is 3.60. The highest BCUT2D eigenvalue weighted by Gasteiger charge is 2.30. The van der Waals surface area contributed by atoms with Gasteiger partial charge in [-0.2, -0.15) is 0 Å². The molecular formula is C14H21N3O2. The summed E-state index contributed by atoms with van der Waals surface area (Å²) in [4.78, 5) is 22.1. The number of carboxylic acid groups (broad SMARTS) is 1. The van der Waals surface area contributed by atoms with Gasteiger partial charge in [0, 0.05) is 18.5 Å². The topological polar surface area (TPSA) is 66.3 Å². The number of carboxylic acids is 1. The Balaban J connectivity index is 2.42. The molecule has 5 nitrogen and oxygen atoms in total. The van der Waals surface area contributed by atoms with E-state index in [-0.39, 0.29) is 11.6 Å². The molecule has 0 spiro atoms. The van der Waals surface area contributed by atoms with E-state index in [2.05, 4.69) is 28.7 Å². The third kappa shape index (κ3) is 2.69. The summed E-state index contributed by atoms with van der Waals surface area (Å²) in [6, 6.07) is 0.335. The Kier molecular flexibility index (Phi) is 3.73. The molecule has 1 N–H and O–H groups in total. The summed E-state index contributed by atoms with van der Waals surface area (Å²) in [6.07, 6.45) is 2.74. The zero-order chi connectivity index (χ0) is 14.2. The molecule has 5 heteroatoms. The maximum atomic E-state index is 11.4. The minimum absolute atomic E-state index is 0.125. The van der Waals surface area contributed by atoms with Gasteiger partial charge in [-0.15, -0.1) is 0 Å². The van der Waals surface area contributed by atoms with Gasteiger partial charge in [-0.1, -0.05) is 20.8 Å². The SMILES string of the molecule is CC1CC(C)N(c2cnc(C(C)C)nc2C(=O)O)C1. The quantitative estimate of drug-likeness (QED) is 0.907. The molecule has 1 aromatic heterocycles. The van der Waals surface area contributed by atoms with Crippen molar-refractivity contribution in [1.82, 2.24) is 9.97 Å². The zero-order valence-corrected chi connectivity index (χ0v) is 11.9. The van der Waals surface area contributed by atoms with E-state index in [1.54, 1.807) is 6.20 Å². The molecule has 1 aliphatic rings. The fraction of sp³-hybridized carbons (Fsp3) is 0.643. The van der Waals surface area contributed by atoms with E-state index in [1.165, 1.54) is 0 Å². The minimum atomic E-state index is -0.981. The van der Waals surface area contributed by atoms with Gasteiger partial charge in [0.25, 0.3) is 0 Å². The molecule has 0 bridgehead atoms. The van der Waals surface area contributed by atoms with Gasteiger partial charge in [-0.3, -0.25) is 0 Å². The summed E-state index contributed by atoms with van der Waals surface area (Å²) < 4.78 is 0. The summed E-state index contributed by atoms with van der Waals surface area (Å²) >= 11 is 0. The second-order valence-corrected chi connectivity index (χ2v) is 5.76.